The SMILES string of the molecule is CC/C=C\CC1OC1C/C=C\C/C=C\C/C=C\C/C=C\CCC(=O)OC[C@H](COP(=O)(O)OC[C@H](N)C(=O)O)OC(=O)CCCCCCCCCCCCC. The molecule has 0 aromatic heterocycles. The minimum absolute atomic E-state index is 0.0921. The molecule has 0 aromatic rings. The van der Waals surface area contributed by atoms with Crippen molar-refractivity contribution in [1.29, 1.82) is 0 Å². The molecule has 0 spiro atoms. The number of carbonyl (C=O) groups is 3. The van der Waals surface area contributed by atoms with Gasteiger partial charge in [-0.2, -0.15) is 0 Å². The number of nitrogens with two attached hydrogens (primary N) is 1. The molecule has 0 saturated carbocycles. The van der Waals surface area contributed by atoms with Gasteiger partial charge >= 0.3 is 25.7 Å². The van der Waals surface area contributed by atoms with Gasteiger partial charge in [0.25, 0.3) is 0 Å². The number of ether oxygens (including phenoxy) is 3. The highest BCUT2D eigenvalue weighted by Crippen LogP contribution is 2.43. The highest BCUT2D eigenvalue weighted by molar-refractivity contribution is 7.47. The van der Waals surface area contributed by atoms with Crippen LogP contribution in [0.3, 0.4) is 0 Å². The molecular weight excluding hydrogens is 725 g/mol. The minimum atomic E-state index is -4.73. The summed E-state index contributed by atoms with van der Waals surface area (Å²) < 4.78 is 38.2. The van der Waals surface area contributed by atoms with E-state index in [1.165, 1.54) is 44.9 Å². The Labute approximate surface area is 330 Å². The molecular formula is C42H70NO11P. The van der Waals surface area contributed by atoms with Crippen molar-refractivity contribution >= 4 is 25.7 Å². The quantitative estimate of drug-likeness (QED) is 0.0180. The molecule has 0 bridgehead atoms. The number of carbonyl (C=O) groups excluding carboxylic acids is 2. The van der Waals surface area contributed by atoms with Crippen LogP contribution in [0.2, 0.25) is 0 Å². The maximum atomic E-state index is 12.6. The van der Waals surface area contributed by atoms with Gasteiger partial charge in [-0.1, -0.05) is 139 Å². The number of hydrogen-bond donors (Lipinski definition) is 3. The number of aliphatic carboxylic acids is 1. The van der Waals surface area contributed by atoms with E-state index in [0.29, 0.717) is 25.0 Å². The monoisotopic (exact) mass is 795 g/mol. The molecule has 1 saturated heterocycles. The number of carboxylic acids is 1. The molecule has 13 heteroatoms. The van der Waals surface area contributed by atoms with Crippen molar-refractivity contribution in [3.8, 4) is 0 Å². The number of carboxylic acid groups (broad SMARTS) is 1. The fourth-order valence-electron chi connectivity index (χ4n) is 5.37. The molecule has 1 heterocycles. The smallest absolute Gasteiger partial charge is 0.472 e. The molecule has 0 aliphatic carbocycles. The molecule has 5 atom stereocenters. The van der Waals surface area contributed by atoms with Gasteiger partial charge in [0.15, 0.2) is 6.10 Å². The van der Waals surface area contributed by atoms with Crippen LogP contribution < -0.4 is 5.73 Å². The van der Waals surface area contributed by atoms with Crippen molar-refractivity contribution in [1.82, 2.24) is 0 Å². The highest BCUT2D eigenvalue weighted by Gasteiger charge is 2.36. The summed E-state index contributed by atoms with van der Waals surface area (Å²) in [4.78, 5) is 45.8. The Balaban J connectivity index is 2.34. The van der Waals surface area contributed by atoms with Gasteiger partial charge in [-0.05, 0) is 51.4 Å². The van der Waals surface area contributed by atoms with Crippen molar-refractivity contribution in [3.63, 3.8) is 0 Å². The van der Waals surface area contributed by atoms with Crippen molar-refractivity contribution in [2.75, 3.05) is 19.8 Å². The number of phosphoric acid groups is 1. The number of hydrogen-bond acceptors (Lipinski definition) is 10. The van der Waals surface area contributed by atoms with Crippen LogP contribution >= 0.6 is 7.82 Å². The van der Waals surface area contributed by atoms with E-state index in [0.717, 1.165) is 57.8 Å². The van der Waals surface area contributed by atoms with E-state index in [-0.39, 0.29) is 19.4 Å². The highest BCUT2D eigenvalue weighted by atomic mass is 31.2. The number of unbranched alkanes of at least 4 members (excludes halogenated alkanes) is 10. The molecule has 1 fully saturated rings. The first-order chi connectivity index (χ1) is 26.6. The van der Waals surface area contributed by atoms with Gasteiger partial charge < -0.3 is 29.9 Å². The molecule has 1 rings (SSSR count). The third-order valence-electron chi connectivity index (χ3n) is 8.70. The summed E-state index contributed by atoms with van der Waals surface area (Å²) >= 11 is 0. The van der Waals surface area contributed by atoms with Gasteiger partial charge in [-0.3, -0.25) is 23.4 Å². The van der Waals surface area contributed by atoms with Crippen LogP contribution in [0.4, 0.5) is 0 Å². The molecule has 1 aliphatic rings. The lowest BCUT2D eigenvalue weighted by Gasteiger charge is -2.20. The second-order valence-electron chi connectivity index (χ2n) is 13.8. The molecule has 0 amide bonds. The van der Waals surface area contributed by atoms with Crippen LogP contribution in [0.5, 0.6) is 0 Å². The fraction of sp³-hybridized carbons (Fsp3) is 0.690. The Morgan fingerprint density at radius 2 is 1.18 bits per heavy atom. The van der Waals surface area contributed by atoms with Crippen LogP contribution in [0.1, 0.15) is 142 Å². The van der Waals surface area contributed by atoms with Crippen molar-refractivity contribution in [2.24, 2.45) is 5.73 Å². The fourth-order valence-corrected chi connectivity index (χ4v) is 6.14. The molecule has 55 heavy (non-hydrogen) atoms. The second kappa shape index (κ2) is 33.3. The van der Waals surface area contributed by atoms with Gasteiger partial charge in [-0.15, -0.1) is 0 Å². The van der Waals surface area contributed by atoms with Gasteiger partial charge in [0.05, 0.1) is 25.4 Å². The Bertz CT molecular complexity index is 1230. The van der Waals surface area contributed by atoms with E-state index in [1.807, 2.05) is 12.2 Å². The summed E-state index contributed by atoms with van der Waals surface area (Å²) in [7, 11) is -4.73. The topological polar surface area (TPSA) is 184 Å². The third-order valence-corrected chi connectivity index (χ3v) is 9.65. The number of esters is 2. The predicted octanol–water partition coefficient (Wildman–Crippen LogP) is 9.38. The van der Waals surface area contributed by atoms with Crippen molar-refractivity contribution in [3.05, 3.63) is 60.8 Å². The summed E-state index contributed by atoms with van der Waals surface area (Å²) in [6.07, 6.45) is 39.2. The zero-order valence-electron chi connectivity index (χ0n) is 33.4. The summed E-state index contributed by atoms with van der Waals surface area (Å²) in [5.41, 5.74) is 5.32. The second-order valence-corrected chi connectivity index (χ2v) is 15.2. The Hall–Kier alpha value is -2.86. The Morgan fingerprint density at radius 3 is 1.75 bits per heavy atom. The molecule has 4 N–H and O–H groups in total. The molecule has 3 unspecified atom stereocenters. The van der Waals surface area contributed by atoms with Gasteiger partial charge in [0.1, 0.15) is 12.6 Å². The van der Waals surface area contributed by atoms with Crippen LogP contribution in [0.15, 0.2) is 60.8 Å². The Morgan fingerprint density at radius 1 is 0.673 bits per heavy atom. The first kappa shape index (κ1) is 50.2. The summed E-state index contributed by atoms with van der Waals surface area (Å²) in [5.74, 6) is -2.50. The lowest BCUT2D eigenvalue weighted by molar-refractivity contribution is -0.161. The average molecular weight is 796 g/mol. The van der Waals surface area contributed by atoms with Crippen LogP contribution in [-0.2, 0) is 42.2 Å². The standard InChI is InChI=1S/C42H70NO11P/c1-3-5-7-8-9-10-13-18-21-24-28-32-41(45)53-36(34-51-55(48,49)52-35-37(43)42(46)47)33-50-40(44)31-27-23-20-17-15-12-11-14-16-19-22-26-30-39-38(54-39)29-25-6-4-2/h6,12,14-16,20,22-23,25-26,36-39H,3-5,7-11,13,17-19,21,24,27-35,43H2,1-2H3,(H,46,47)(H,48,49)/b15-12-,16-14-,23-20-,25-6-,26-22-/t36-,37+,38?,39?/m1/s1. The number of epoxide rings is 1. The normalized spacial score (nSPS) is 18.1. The van der Waals surface area contributed by atoms with Crippen LogP contribution in [0.25, 0.3) is 0 Å². The summed E-state index contributed by atoms with van der Waals surface area (Å²) in [6, 6.07) is -1.53. The molecule has 0 aromatic carbocycles. The molecule has 1 aliphatic heterocycles. The zero-order valence-corrected chi connectivity index (χ0v) is 34.3. The molecule has 12 nitrogen and oxygen atoms in total. The third kappa shape index (κ3) is 31.0. The number of allylic oxidation sites excluding steroid dienone is 8. The van der Waals surface area contributed by atoms with E-state index >= 15 is 0 Å². The number of phosphoric ester groups is 1. The largest absolute Gasteiger partial charge is 0.480 e. The lowest BCUT2D eigenvalue weighted by Crippen LogP contribution is -2.34. The zero-order chi connectivity index (χ0) is 40.4. The van der Waals surface area contributed by atoms with E-state index in [1.54, 1.807) is 0 Å². The first-order valence-electron chi connectivity index (χ1n) is 20.4. The lowest BCUT2D eigenvalue weighted by atomic mass is 10.1. The number of rotatable bonds is 36. The summed E-state index contributed by atoms with van der Waals surface area (Å²) in [5, 5.41) is 8.87. The van der Waals surface area contributed by atoms with E-state index in [9.17, 15) is 23.8 Å². The van der Waals surface area contributed by atoms with E-state index in [2.05, 4.69) is 67.0 Å². The van der Waals surface area contributed by atoms with Crippen LogP contribution in [0, 0.1) is 0 Å². The average Bonchev–Trinajstić information content (AvgIpc) is 3.91. The van der Waals surface area contributed by atoms with Crippen molar-refractivity contribution < 1.29 is 52.2 Å². The summed E-state index contributed by atoms with van der Waals surface area (Å²) in [6.45, 7) is 2.57. The maximum absolute atomic E-state index is 12.6. The van der Waals surface area contributed by atoms with Gasteiger partial charge in [0.2, 0.25) is 0 Å². The van der Waals surface area contributed by atoms with Gasteiger partial charge in [-0.25, -0.2) is 4.57 Å². The maximum Gasteiger partial charge on any atom is 0.472 e. The van der Waals surface area contributed by atoms with Crippen molar-refractivity contribution in [2.45, 2.75) is 167 Å². The van der Waals surface area contributed by atoms with Gasteiger partial charge in [0, 0.05) is 12.8 Å². The minimum Gasteiger partial charge on any atom is -0.480 e. The van der Waals surface area contributed by atoms with E-state index < -0.39 is 51.1 Å². The van der Waals surface area contributed by atoms with Crippen LogP contribution in [-0.4, -0.2) is 72.1 Å². The first-order valence-corrected chi connectivity index (χ1v) is 21.9. The molecule has 0 radical (unpaired) electrons. The van der Waals surface area contributed by atoms with E-state index in [4.69, 9.17) is 29.6 Å². The molecule has 314 valence electrons. The predicted molar refractivity (Wildman–Crippen MR) is 216 cm³/mol. The Kier molecular flexibility index (Phi) is 30.4.